The van der Waals surface area contributed by atoms with E-state index in [0.29, 0.717) is 23.8 Å². The van der Waals surface area contributed by atoms with Gasteiger partial charge in [0.15, 0.2) is 0 Å². The Morgan fingerprint density at radius 1 is 1.00 bits per heavy atom. The summed E-state index contributed by atoms with van der Waals surface area (Å²) in [6, 6.07) is 22.0. The maximum atomic E-state index is 12.8. The van der Waals surface area contributed by atoms with Crippen LogP contribution < -0.4 is 5.32 Å². The van der Waals surface area contributed by atoms with Crippen molar-refractivity contribution in [3.63, 3.8) is 0 Å². The molecule has 3 heteroatoms. The molecule has 1 N–H and O–H groups in total. The molecule has 1 amide bonds. The van der Waals surface area contributed by atoms with Crippen molar-refractivity contribution in [3.05, 3.63) is 71.8 Å². The van der Waals surface area contributed by atoms with Crippen LogP contribution >= 0.6 is 0 Å². The van der Waals surface area contributed by atoms with Gasteiger partial charge in [0, 0.05) is 32.4 Å². The third kappa shape index (κ3) is 5.31. The number of nitrogens with one attached hydrogen (secondary N) is 1. The van der Waals surface area contributed by atoms with Gasteiger partial charge in [0.2, 0.25) is 5.91 Å². The van der Waals surface area contributed by atoms with Crippen LogP contribution in [-0.2, 0) is 4.79 Å². The second-order valence-electron chi connectivity index (χ2n) is 9.33. The van der Waals surface area contributed by atoms with Crippen LogP contribution in [0.15, 0.2) is 60.7 Å². The molecule has 162 valence electrons. The Hall–Kier alpha value is -2.13. The van der Waals surface area contributed by atoms with Crippen molar-refractivity contribution in [2.45, 2.75) is 57.4 Å². The summed E-state index contributed by atoms with van der Waals surface area (Å²) in [5, 5.41) is 3.38. The molecule has 1 heterocycles. The molecule has 3 nitrogen and oxygen atoms in total. The first-order valence-electron chi connectivity index (χ1n) is 11.8. The normalized spacial score (nSPS) is 24.8. The summed E-state index contributed by atoms with van der Waals surface area (Å²) in [5.74, 6) is 1.49. The van der Waals surface area contributed by atoms with E-state index in [1.54, 1.807) is 0 Å². The van der Waals surface area contributed by atoms with Crippen LogP contribution in [0.2, 0.25) is 0 Å². The molecule has 2 aromatic carbocycles. The SMILES string of the molecule is CC1CCCCC1C(=O)NC1CCN(CCC(c2ccccc2)c2ccccc2)C1.[HH]. The number of hydrogen-bond acceptors (Lipinski definition) is 2. The highest BCUT2D eigenvalue weighted by atomic mass is 16.2. The van der Waals surface area contributed by atoms with Crippen LogP contribution in [0, 0.1) is 11.8 Å². The molecule has 0 bridgehead atoms. The molecule has 3 atom stereocenters. The van der Waals surface area contributed by atoms with Gasteiger partial charge in [-0.2, -0.15) is 0 Å². The van der Waals surface area contributed by atoms with Crippen LogP contribution in [-0.4, -0.2) is 36.5 Å². The first kappa shape index (κ1) is 21.1. The first-order valence-corrected chi connectivity index (χ1v) is 11.8. The number of nitrogens with zero attached hydrogens (tertiary/aromatic N) is 1. The van der Waals surface area contributed by atoms with E-state index >= 15 is 0 Å². The molecule has 0 radical (unpaired) electrons. The van der Waals surface area contributed by atoms with Gasteiger partial charge in [0.05, 0.1) is 0 Å². The number of benzene rings is 2. The quantitative estimate of drug-likeness (QED) is 0.661. The van der Waals surface area contributed by atoms with Gasteiger partial charge in [0.1, 0.15) is 0 Å². The van der Waals surface area contributed by atoms with Gasteiger partial charge >= 0.3 is 0 Å². The average Bonchev–Trinajstić information content (AvgIpc) is 3.23. The highest BCUT2D eigenvalue weighted by molar-refractivity contribution is 5.79. The molecule has 0 aromatic heterocycles. The van der Waals surface area contributed by atoms with E-state index < -0.39 is 0 Å². The predicted octanol–water partition coefficient (Wildman–Crippen LogP) is 5.47. The van der Waals surface area contributed by atoms with Crippen molar-refractivity contribution < 1.29 is 6.22 Å². The third-order valence-corrected chi connectivity index (χ3v) is 7.20. The Bertz CT molecular complexity index is 758. The van der Waals surface area contributed by atoms with Crippen molar-refractivity contribution in [2.24, 2.45) is 11.8 Å². The van der Waals surface area contributed by atoms with E-state index in [-0.39, 0.29) is 7.34 Å². The second-order valence-corrected chi connectivity index (χ2v) is 9.33. The predicted molar refractivity (Wildman–Crippen MR) is 126 cm³/mol. The van der Waals surface area contributed by atoms with E-state index in [2.05, 4.69) is 77.8 Å². The summed E-state index contributed by atoms with van der Waals surface area (Å²) < 4.78 is 0. The van der Waals surface area contributed by atoms with Gasteiger partial charge in [0.25, 0.3) is 0 Å². The van der Waals surface area contributed by atoms with Crippen molar-refractivity contribution in [1.29, 1.82) is 0 Å². The standard InChI is InChI=1S/C27H36N2O.H2/c1-21-10-8-9-15-25(21)27(30)28-24-16-18-29(20-24)19-17-26(22-11-4-2-5-12-22)23-13-6-3-7-14-23;/h2-7,11-14,21,24-26H,8-10,15-20H2,1H3,(H,28,30);1H. The Balaban J connectivity index is 0.00000272. The Kier molecular flexibility index (Phi) is 7.22. The fourth-order valence-corrected chi connectivity index (χ4v) is 5.38. The highest BCUT2D eigenvalue weighted by Gasteiger charge is 2.31. The maximum Gasteiger partial charge on any atom is 0.223 e. The summed E-state index contributed by atoms with van der Waals surface area (Å²) in [6.07, 6.45) is 6.95. The molecule has 2 fully saturated rings. The van der Waals surface area contributed by atoms with Crippen LogP contribution in [0.3, 0.4) is 0 Å². The summed E-state index contributed by atoms with van der Waals surface area (Å²) in [5.41, 5.74) is 2.78. The summed E-state index contributed by atoms with van der Waals surface area (Å²) in [6.45, 7) is 5.39. The number of hydrogen-bond donors (Lipinski definition) is 1. The minimum atomic E-state index is 0. The van der Waals surface area contributed by atoms with Crippen molar-refractivity contribution in [3.8, 4) is 0 Å². The fourth-order valence-electron chi connectivity index (χ4n) is 5.38. The van der Waals surface area contributed by atoms with E-state index in [0.717, 1.165) is 38.9 Å². The van der Waals surface area contributed by atoms with Crippen molar-refractivity contribution in [1.82, 2.24) is 10.2 Å². The average molecular weight is 407 g/mol. The lowest BCUT2D eigenvalue weighted by Gasteiger charge is -2.29. The minimum Gasteiger partial charge on any atom is -0.352 e. The maximum absolute atomic E-state index is 12.8. The smallest absolute Gasteiger partial charge is 0.223 e. The highest BCUT2D eigenvalue weighted by Crippen LogP contribution is 2.31. The van der Waals surface area contributed by atoms with Crippen LogP contribution in [0.25, 0.3) is 0 Å². The fraction of sp³-hybridized carbons (Fsp3) is 0.519. The zero-order chi connectivity index (χ0) is 20.8. The zero-order valence-corrected chi connectivity index (χ0v) is 18.3. The molecule has 4 rings (SSSR count). The van der Waals surface area contributed by atoms with Crippen LogP contribution in [0.4, 0.5) is 0 Å². The lowest BCUT2D eigenvalue weighted by molar-refractivity contribution is -0.128. The lowest BCUT2D eigenvalue weighted by atomic mass is 9.80. The molecule has 1 saturated heterocycles. The van der Waals surface area contributed by atoms with Crippen LogP contribution in [0.5, 0.6) is 0 Å². The molecule has 3 unspecified atom stereocenters. The topological polar surface area (TPSA) is 32.3 Å². The van der Waals surface area contributed by atoms with Gasteiger partial charge in [-0.15, -0.1) is 0 Å². The first-order chi connectivity index (χ1) is 14.7. The summed E-state index contributed by atoms with van der Waals surface area (Å²) in [4.78, 5) is 15.3. The molecule has 1 saturated carbocycles. The summed E-state index contributed by atoms with van der Waals surface area (Å²) >= 11 is 0. The zero-order valence-electron chi connectivity index (χ0n) is 18.3. The van der Waals surface area contributed by atoms with Gasteiger partial charge in [-0.05, 0) is 49.3 Å². The Labute approximate surface area is 183 Å². The van der Waals surface area contributed by atoms with Crippen molar-refractivity contribution in [2.75, 3.05) is 19.6 Å². The molecule has 30 heavy (non-hydrogen) atoms. The molecule has 2 aliphatic rings. The number of likely N-dealkylation sites (tertiary alicyclic amines) is 1. The van der Waals surface area contributed by atoms with Gasteiger partial charge in [-0.25, -0.2) is 0 Å². The molecule has 1 aliphatic heterocycles. The van der Waals surface area contributed by atoms with Gasteiger partial charge in [-0.1, -0.05) is 80.4 Å². The number of carbonyl (C=O) groups excluding carboxylic acids is 1. The molecule has 0 spiro atoms. The van der Waals surface area contributed by atoms with E-state index in [9.17, 15) is 4.79 Å². The monoisotopic (exact) mass is 406 g/mol. The number of amides is 1. The van der Waals surface area contributed by atoms with Gasteiger partial charge < -0.3 is 10.2 Å². The number of carbonyl (C=O) groups is 1. The third-order valence-electron chi connectivity index (χ3n) is 7.20. The Morgan fingerprint density at radius 2 is 1.63 bits per heavy atom. The molecule has 2 aromatic rings. The lowest BCUT2D eigenvalue weighted by Crippen LogP contribution is -2.43. The second kappa shape index (κ2) is 10.3. The van der Waals surface area contributed by atoms with Crippen LogP contribution in [0.1, 0.15) is 63.9 Å². The number of rotatable bonds is 7. The van der Waals surface area contributed by atoms with E-state index in [1.165, 1.54) is 30.4 Å². The van der Waals surface area contributed by atoms with Gasteiger partial charge in [-0.3, -0.25) is 4.79 Å². The molecule has 1 aliphatic carbocycles. The minimum absolute atomic E-state index is 0. The van der Waals surface area contributed by atoms with E-state index in [4.69, 9.17) is 0 Å². The molecular weight excluding hydrogens is 368 g/mol. The Morgan fingerprint density at radius 3 is 2.27 bits per heavy atom. The van der Waals surface area contributed by atoms with E-state index in [1.807, 2.05) is 0 Å². The largest absolute Gasteiger partial charge is 0.352 e. The summed E-state index contributed by atoms with van der Waals surface area (Å²) in [7, 11) is 0. The van der Waals surface area contributed by atoms with Crippen molar-refractivity contribution >= 4 is 5.91 Å². The molecular formula is C27H38N2O.